The van der Waals surface area contributed by atoms with Gasteiger partial charge in [-0.1, -0.05) is 19.1 Å². The fourth-order valence-corrected chi connectivity index (χ4v) is 3.36. The van der Waals surface area contributed by atoms with Crippen LogP contribution in [-0.2, 0) is 25.0 Å². The van der Waals surface area contributed by atoms with Gasteiger partial charge >= 0.3 is 0 Å². The zero-order valence-electron chi connectivity index (χ0n) is 17.8. The highest BCUT2D eigenvalue weighted by Gasteiger charge is 2.19. The molecule has 1 N–H and O–H groups in total. The number of amides is 1. The van der Waals surface area contributed by atoms with Crippen LogP contribution in [0.4, 0.5) is 0 Å². The monoisotopic (exact) mass is 399 g/mol. The van der Waals surface area contributed by atoms with Crippen LogP contribution in [0.2, 0.25) is 0 Å². The lowest BCUT2D eigenvalue weighted by molar-refractivity contribution is -0.123. The van der Waals surface area contributed by atoms with Crippen molar-refractivity contribution in [1.29, 1.82) is 0 Å². The largest absolute Gasteiger partial charge is 0.486 e. The van der Waals surface area contributed by atoms with E-state index in [0.29, 0.717) is 13.2 Å². The van der Waals surface area contributed by atoms with E-state index in [-0.39, 0.29) is 11.9 Å². The molecule has 0 radical (unpaired) electrons. The molecule has 1 aliphatic heterocycles. The van der Waals surface area contributed by atoms with Gasteiger partial charge in [-0.3, -0.25) is 14.6 Å². The number of aryl methyl sites for hydroxylation is 1. The van der Waals surface area contributed by atoms with Crippen LogP contribution in [0.25, 0.3) is 0 Å². The predicted octanol–water partition coefficient (Wildman–Crippen LogP) is 2.03. The summed E-state index contributed by atoms with van der Waals surface area (Å²) in [5.74, 6) is 1.90. The van der Waals surface area contributed by atoms with E-state index in [1.165, 1.54) is 5.56 Å². The van der Waals surface area contributed by atoms with E-state index < -0.39 is 0 Å². The topological polar surface area (TPSA) is 62.6 Å². The third-order valence-electron chi connectivity index (χ3n) is 5.47. The van der Waals surface area contributed by atoms with Crippen molar-refractivity contribution in [2.24, 2.45) is 7.05 Å². The number of carbonyl (C=O) groups excluding carboxylic acids is 1. The van der Waals surface area contributed by atoms with Crippen LogP contribution in [0.15, 0.2) is 36.7 Å². The maximum atomic E-state index is 12.0. The van der Waals surface area contributed by atoms with E-state index in [2.05, 4.69) is 39.2 Å². The van der Waals surface area contributed by atoms with Crippen molar-refractivity contribution in [2.75, 3.05) is 32.7 Å². The molecule has 1 unspecified atom stereocenters. The minimum absolute atomic E-state index is 0.133. The molecule has 3 rings (SSSR count). The second-order valence-electron chi connectivity index (χ2n) is 7.82. The lowest BCUT2D eigenvalue weighted by Gasteiger charge is -2.34. The molecule has 0 bridgehead atoms. The Morgan fingerprint density at radius 2 is 1.86 bits per heavy atom. The summed E-state index contributed by atoms with van der Waals surface area (Å²) in [4.78, 5) is 21.0. The lowest BCUT2D eigenvalue weighted by atomic mass is 10.2. The Bertz CT molecular complexity index is 766. The average Bonchev–Trinajstić information content (AvgIpc) is 3.13. The number of benzene rings is 1. The molecule has 29 heavy (non-hydrogen) atoms. The summed E-state index contributed by atoms with van der Waals surface area (Å²) in [5.41, 5.74) is 1.28. The van der Waals surface area contributed by atoms with Crippen molar-refractivity contribution in [3.63, 3.8) is 0 Å². The third-order valence-corrected chi connectivity index (χ3v) is 5.47. The number of nitrogens with one attached hydrogen (secondary N) is 1. The molecule has 7 heteroatoms. The first-order valence-corrected chi connectivity index (χ1v) is 10.5. The molecule has 1 fully saturated rings. The zero-order valence-corrected chi connectivity index (χ0v) is 17.8. The van der Waals surface area contributed by atoms with Crippen LogP contribution < -0.4 is 10.1 Å². The van der Waals surface area contributed by atoms with Gasteiger partial charge in [0.2, 0.25) is 5.91 Å². The maximum absolute atomic E-state index is 12.0. The SMILES string of the molecule is CCC(C)NC(=O)CN1CCN(Cc2ccc(OCc3nccn3C)cc2)CC1. The molecule has 1 aromatic carbocycles. The fraction of sp³-hybridized carbons (Fsp3) is 0.545. The lowest BCUT2D eigenvalue weighted by Crippen LogP contribution is -2.49. The molecule has 2 heterocycles. The van der Waals surface area contributed by atoms with Crippen LogP contribution in [-0.4, -0.2) is 64.0 Å². The number of imidazole rings is 1. The molecule has 0 spiro atoms. The van der Waals surface area contributed by atoms with Crippen LogP contribution in [0.1, 0.15) is 31.7 Å². The summed E-state index contributed by atoms with van der Waals surface area (Å²) in [6, 6.07) is 8.54. The third kappa shape index (κ3) is 6.58. The van der Waals surface area contributed by atoms with E-state index >= 15 is 0 Å². The van der Waals surface area contributed by atoms with Crippen LogP contribution in [0.3, 0.4) is 0 Å². The number of hydrogen-bond acceptors (Lipinski definition) is 5. The molecule has 1 atom stereocenters. The van der Waals surface area contributed by atoms with E-state index in [1.54, 1.807) is 6.20 Å². The van der Waals surface area contributed by atoms with E-state index in [4.69, 9.17) is 4.74 Å². The zero-order chi connectivity index (χ0) is 20.6. The van der Waals surface area contributed by atoms with Gasteiger partial charge in [-0.2, -0.15) is 0 Å². The Morgan fingerprint density at radius 3 is 2.48 bits per heavy atom. The second-order valence-corrected chi connectivity index (χ2v) is 7.82. The summed E-state index contributed by atoms with van der Waals surface area (Å²) in [6.45, 7) is 9.84. The van der Waals surface area contributed by atoms with Crippen LogP contribution >= 0.6 is 0 Å². The molecule has 7 nitrogen and oxygen atoms in total. The molecule has 1 aromatic heterocycles. The van der Waals surface area contributed by atoms with E-state index in [9.17, 15) is 4.79 Å². The quantitative estimate of drug-likeness (QED) is 0.699. The summed E-state index contributed by atoms with van der Waals surface area (Å²) in [6.07, 6.45) is 4.66. The van der Waals surface area contributed by atoms with Gasteiger partial charge in [0.25, 0.3) is 0 Å². The Morgan fingerprint density at radius 1 is 1.17 bits per heavy atom. The Labute approximate surface area is 173 Å². The Balaban J connectivity index is 1.39. The maximum Gasteiger partial charge on any atom is 0.234 e. The molecule has 1 saturated heterocycles. The average molecular weight is 400 g/mol. The molecule has 158 valence electrons. The highest BCUT2D eigenvalue weighted by molar-refractivity contribution is 5.78. The molecular weight excluding hydrogens is 366 g/mol. The smallest absolute Gasteiger partial charge is 0.234 e. The highest BCUT2D eigenvalue weighted by atomic mass is 16.5. The van der Waals surface area contributed by atoms with Gasteiger partial charge in [-0.05, 0) is 31.0 Å². The van der Waals surface area contributed by atoms with Gasteiger partial charge < -0.3 is 14.6 Å². The van der Waals surface area contributed by atoms with Gasteiger partial charge in [0, 0.05) is 58.2 Å². The number of hydrogen-bond donors (Lipinski definition) is 1. The number of rotatable bonds is 9. The van der Waals surface area contributed by atoms with E-state index in [1.807, 2.05) is 36.9 Å². The predicted molar refractivity (Wildman–Crippen MR) is 114 cm³/mol. The minimum atomic E-state index is 0.133. The van der Waals surface area contributed by atoms with Crippen LogP contribution in [0, 0.1) is 0 Å². The van der Waals surface area contributed by atoms with Gasteiger partial charge in [0.1, 0.15) is 18.2 Å². The standard InChI is InChI=1S/C22H33N5O2/c1-4-18(2)24-22(28)16-27-13-11-26(12-14-27)15-19-5-7-20(8-6-19)29-17-21-23-9-10-25(21)3/h5-10,18H,4,11-17H2,1-3H3,(H,24,28). The first-order chi connectivity index (χ1) is 14.0. The molecule has 2 aromatic rings. The Hall–Kier alpha value is -2.38. The molecular formula is C22H33N5O2. The number of aromatic nitrogens is 2. The first kappa shape index (κ1) is 21.3. The normalized spacial score (nSPS) is 16.5. The van der Waals surface area contributed by atoms with Crippen molar-refractivity contribution >= 4 is 5.91 Å². The highest BCUT2D eigenvalue weighted by Crippen LogP contribution is 2.16. The van der Waals surface area contributed by atoms with Crippen molar-refractivity contribution in [3.05, 3.63) is 48.0 Å². The summed E-state index contributed by atoms with van der Waals surface area (Å²) < 4.78 is 7.78. The number of piperazine rings is 1. The Kier molecular flexibility index (Phi) is 7.66. The van der Waals surface area contributed by atoms with E-state index in [0.717, 1.165) is 50.7 Å². The van der Waals surface area contributed by atoms with Crippen LogP contribution in [0.5, 0.6) is 5.75 Å². The van der Waals surface area contributed by atoms with Gasteiger partial charge in [-0.25, -0.2) is 4.98 Å². The molecule has 1 aliphatic rings. The molecule has 0 aliphatic carbocycles. The molecule has 0 saturated carbocycles. The minimum Gasteiger partial charge on any atom is -0.486 e. The summed E-state index contributed by atoms with van der Waals surface area (Å²) in [5, 5.41) is 3.04. The van der Waals surface area contributed by atoms with Gasteiger partial charge in [0.15, 0.2) is 0 Å². The van der Waals surface area contributed by atoms with Crippen molar-refractivity contribution in [3.8, 4) is 5.75 Å². The summed E-state index contributed by atoms with van der Waals surface area (Å²) >= 11 is 0. The number of nitrogens with zero attached hydrogens (tertiary/aromatic N) is 4. The number of carbonyl (C=O) groups is 1. The summed E-state index contributed by atoms with van der Waals surface area (Å²) in [7, 11) is 1.96. The fourth-order valence-electron chi connectivity index (χ4n) is 3.36. The number of ether oxygens (including phenoxy) is 1. The van der Waals surface area contributed by atoms with Gasteiger partial charge in [0.05, 0.1) is 6.54 Å². The first-order valence-electron chi connectivity index (χ1n) is 10.5. The second kappa shape index (κ2) is 10.4. The van der Waals surface area contributed by atoms with Gasteiger partial charge in [-0.15, -0.1) is 0 Å². The van der Waals surface area contributed by atoms with Crippen molar-refractivity contribution < 1.29 is 9.53 Å². The molecule has 1 amide bonds. The van der Waals surface area contributed by atoms with Crippen molar-refractivity contribution in [2.45, 2.75) is 39.5 Å². The van der Waals surface area contributed by atoms with Crippen molar-refractivity contribution in [1.82, 2.24) is 24.7 Å².